The molecule has 0 unspecified atom stereocenters. The number of hydrogen-bond acceptors (Lipinski definition) is 1. The second-order valence-corrected chi connectivity index (χ2v) is 7.31. The summed E-state index contributed by atoms with van der Waals surface area (Å²) in [5.41, 5.74) is 2.40. The van der Waals surface area contributed by atoms with Gasteiger partial charge in [0.25, 0.3) is 0 Å². The second kappa shape index (κ2) is 9.15. The lowest BCUT2D eigenvalue weighted by Crippen LogP contribution is -2.00. The highest BCUT2D eigenvalue weighted by Gasteiger charge is 2.12. The smallest absolute Gasteiger partial charge is 0.166 e. The van der Waals surface area contributed by atoms with E-state index < -0.39 is 23.3 Å². The van der Waals surface area contributed by atoms with Crippen LogP contribution < -0.4 is 4.74 Å². The van der Waals surface area contributed by atoms with Crippen molar-refractivity contribution in [1.82, 2.24) is 0 Å². The topological polar surface area (TPSA) is 9.23 Å². The van der Waals surface area contributed by atoms with Gasteiger partial charge in [0, 0.05) is 34.2 Å². The number of aryl methyl sites for hydroxylation is 1. The van der Waals surface area contributed by atoms with Gasteiger partial charge in [0.05, 0.1) is 7.11 Å². The molecule has 160 valence electrons. The van der Waals surface area contributed by atoms with Crippen molar-refractivity contribution in [2.75, 3.05) is 7.11 Å². The summed E-state index contributed by atoms with van der Waals surface area (Å²) in [5.74, 6) is 3.20. The van der Waals surface area contributed by atoms with Crippen LogP contribution in [0.4, 0.5) is 17.6 Å². The van der Waals surface area contributed by atoms with E-state index in [1.807, 2.05) is 24.3 Å². The molecule has 0 bridgehead atoms. The number of methoxy groups -OCH3 is 1. The number of fused-ring (bicyclic) bond motifs is 1. The number of halogens is 4. The number of rotatable bonds is 4. The van der Waals surface area contributed by atoms with Crippen molar-refractivity contribution < 1.29 is 22.3 Å². The molecule has 0 aromatic heterocycles. The third-order valence-corrected chi connectivity index (χ3v) is 5.23. The third-order valence-electron chi connectivity index (χ3n) is 5.23. The summed E-state index contributed by atoms with van der Waals surface area (Å²) in [6.45, 7) is 0. The Hall–Kier alpha value is -3.78. The van der Waals surface area contributed by atoms with E-state index >= 15 is 0 Å². The lowest BCUT2D eigenvalue weighted by atomic mass is 10.0. The zero-order chi connectivity index (χ0) is 22.7. The van der Waals surface area contributed by atoms with Crippen LogP contribution in [0, 0.1) is 35.1 Å². The molecule has 1 nitrogen and oxygen atoms in total. The van der Waals surface area contributed by atoms with Crippen LogP contribution in [-0.4, -0.2) is 7.11 Å². The molecule has 0 saturated heterocycles. The highest BCUT2D eigenvalue weighted by molar-refractivity contribution is 5.84. The monoisotopic (exact) mass is 434 g/mol. The molecule has 4 aromatic carbocycles. The van der Waals surface area contributed by atoms with Gasteiger partial charge in [0.15, 0.2) is 11.6 Å². The van der Waals surface area contributed by atoms with Crippen LogP contribution in [0.2, 0.25) is 0 Å². The van der Waals surface area contributed by atoms with Gasteiger partial charge in [-0.1, -0.05) is 36.1 Å². The van der Waals surface area contributed by atoms with E-state index in [9.17, 15) is 17.6 Å². The van der Waals surface area contributed by atoms with Crippen LogP contribution in [-0.2, 0) is 12.8 Å². The zero-order valence-electron chi connectivity index (χ0n) is 17.2. The maximum atomic E-state index is 14.1. The van der Waals surface area contributed by atoms with E-state index in [-0.39, 0.29) is 23.1 Å². The minimum absolute atomic E-state index is 0.0299. The van der Waals surface area contributed by atoms with Crippen LogP contribution in [0.15, 0.2) is 66.7 Å². The summed E-state index contributed by atoms with van der Waals surface area (Å²) >= 11 is 0. The van der Waals surface area contributed by atoms with Crippen molar-refractivity contribution in [2.45, 2.75) is 12.8 Å². The number of hydrogen-bond donors (Lipinski definition) is 0. The van der Waals surface area contributed by atoms with E-state index in [2.05, 4.69) is 11.8 Å². The summed E-state index contributed by atoms with van der Waals surface area (Å²) in [6.07, 6.45) is 0.696. The molecular weight excluding hydrogens is 416 g/mol. The molecule has 0 fully saturated rings. The van der Waals surface area contributed by atoms with Crippen molar-refractivity contribution >= 4 is 10.8 Å². The maximum absolute atomic E-state index is 14.1. The minimum atomic E-state index is -0.881. The molecule has 0 N–H and O–H groups in total. The molecule has 32 heavy (non-hydrogen) atoms. The Morgan fingerprint density at radius 3 is 2.03 bits per heavy atom. The molecule has 0 aliphatic carbocycles. The molecule has 0 spiro atoms. The first-order valence-electron chi connectivity index (χ1n) is 9.95. The quantitative estimate of drug-likeness (QED) is 0.260. The van der Waals surface area contributed by atoms with Gasteiger partial charge in [0.1, 0.15) is 17.4 Å². The van der Waals surface area contributed by atoms with E-state index in [4.69, 9.17) is 4.74 Å². The fraction of sp³-hybridized carbons (Fsp3) is 0.111. The summed E-state index contributed by atoms with van der Waals surface area (Å²) in [6, 6.07) is 17.2. The zero-order valence-corrected chi connectivity index (χ0v) is 17.2. The predicted octanol–water partition coefficient (Wildman–Crippen LogP) is 6.59. The molecule has 0 amide bonds. The highest BCUT2D eigenvalue weighted by atomic mass is 19.2. The Bertz CT molecular complexity index is 1330. The molecule has 0 radical (unpaired) electrons. The van der Waals surface area contributed by atoms with Gasteiger partial charge in [-0.15, -0.1) is 0 Å². The standard InChI is InChI=1S/C27H18F4O/c1-32-21-15-25(29)23(26(30)16-21)12-8-18-4-2-17(3-5-18)6-7-19-9-11-22-20(14-19)10-13-24(28)27(22)31/h2-5,9-11,13-16H,8,12H2,1H3. The van der Waals surface area contributed by atoms with Gasteiger partial charge < -0.3 is 4.74 Å². The highest BCUT2D eigenvalue weighted by Crippen LogP contribution is 2.23. The molecule has 0 aliphatic heterocycles. The molecule has 4 rings (SSSR count). The van der Waals surface area contributed by atoms with E-state index in [1.165, 1.54) is 31.4 Å². The van der Waals surface area contributed by atoms with E-state index in [0.717, 1.165) is 17.2 Å². The first-order valence-corrected chi connectivity index (χ1v) is 9.95. The first-order chi connectivity index (χ1) is 15.4. The van der Waals surface area contributed by atoms with E-state index in [1.54, 1.807) is 12.1 Å². The van der Waals surface area contributed by atoms with Gasteiger partial charge in [-0.05, 0) is 54.1 Å². The van der Waals surface area contributed by atoms with Gasteiger partial charge in [-0.25, -0.2) is 17.6 Å². The molecule has 0 aliphatic rings. The van der Waals surface area contributed by atoms with Crippen molar-refractivity contribution in [3.05, 3.63) is 112 Å². The fourth-order valence-corrected chi connectivity index (χ4v) is 3.45. The molecular formula is C27H18F4O. The third kappa shape index (κ3) is 4.60. The molecule has 0 heterocycles. The molecule has 0 saturated carbocycles. The second-order valence-electron chi connectivity index (χ2n) is 7.31. The van der Waals surface area contributed by atoms with Gasteiger partial charge in [-0.2, -0.15) is 0 Å². The Balaban J connectivity index is 1.46. The van der Waals surface area contributed by atoms with Gasteiger partial charge >= 0.3 is 0 Å². The average Bonchev–Trinajstić information content (AvgIpc) is 2.80. The van der Waals surface area contributed by atoms with Crippen molar-refractivity contribution in [2.24, 2.45) is 0 Å². The van der Waals surface area contributed by atoms with Crippen molar-refractivity contribution in [3.63, 3.8) is 0 Å². The normalized spacial score (nSPS) is 10.7. The average molecular weight is 434 g/mol. The van der Waals surface area contributed by atoms with Crippen LogP contribution in [0.25, 0.3) is 10.8 Å². The van der Waals surface area contributed by atoms with Gasteiger partial charge in [-0.3, -0.25) is 0 Å². The van der Waals surface area contributed by atoms with E-state index in [0.29, 0.717) is 17.4 Å². The van der Waals surface area contributed by atoms with Crippen LogP contribution in [0.1, 0.15) is 22.3 Å². The Morgan fingerprint density at radius 2 is 1.34 bits per heavy atom. The fourth-order valence-electron chi connectivity index (χ4n) is 3.45. The lowest BCUT2D eigenvalue weighted by molar-refractivity contribution is 0.405. The Labute approximate surface area is 183 Å². The minimum Gasteiger partial charge on any atom is -0.497 e. The van der Waals surface area contributed by atoms with Gasteiger partial charge in [0.2, 0.25) is 0 Å². The lowest BCUT2D eigenvalue weighted by Gasteiger charge is -2.08. The molecule has 5 heteroatoms. The van der Waals surface area contributed by atoms with Crippen molar-refractivity contribution in [3.8, 4) is 17.6 Å². The number of benzene rings is 4. The summed E-state index contributed by atoms with van der Waals surface area (Å²) in [4.78, 5) is 0. The SMILES string of the molecule is COc1cc(F)c(CCc2ccc(C#Cc3ccc4c(F)c(F)ccc4c3)cc2)c(F)c1. The first kappa shape index (κ1) is 21.5. The number of ether oxygens (including phenoxy) is 1. The Kier molecular flexibility index (Phi) is 6.13. The van der Waals surface area contributed by atoms with Crippen LogP contribution in [0.5, 0.6) is 5.75 Å². The maximum Gasteiger partial charge on any atom is 0.166 e. The van der Waals surface area contributed by atoms with Crippen molar-refractivity contribution in [1.29, 1.82) is 0 Å². The molecule has 4 aromatic rings. The predicted molar refractivity (Wildman–Crippen MR) is 117 cm³/mol. The van der Waals surface area contributed by atoms with Crippen LogP contribution >= 0.6 is 0 Å². The Morgan fingerprint density at radius 1 is 0.688 bits per heavy atom. The summed E-state index contributed by atoms with van der Waals surface area (Å²) < 4.78 is 60.2. The summed E-state index contributed by atoms with van der Waals surface area (Å²) in [5, 5.41) is 0.786. The van der Waals surface area contributed by atoms with Crippen LogP contribution in [0.3, 0.4) is 0 Å². The molecule has 0 atom stereocenters. The summed E-state index contributed by atoms with van der Waals surface area (Å²) in [7, 11) is 1.36. The largest absolute Gasteiger partial charge is 0.497 e.